The molecule has 0 spiro atoms. The maximum atomic E-state index is 12.8. The quantitative estimate of drug-likeness (QED) is 0.789. The Balaban J connectivity index is 2.52. The number of halogens is 4. The molecule has 0 amide bonds. The van der Waals surface area contributed by atoms with Gasteiger partial charge in [0.15, 0.2) is 11.5 Å². The maximum Gasteiger partial charge on any atom is 0.507 e. The minimum atomic E-state index is -4.91. The molecule has 2 N–H and O–H groups in total. The van der Waals surface area contributed by atoms with E-state index in [1.54, 1.807) is 0 Å². The highest BCUT2D eigenvalue weighted by Gasteiger charge is 2.65. The van der Waals surface area contributed by atoms with Crippen LogP contribution in [0.5, 0.6) is 11.5 Å². The van der Waals surface area contributed by atoms with E-state index >= 15 is 0 Å². The third-order valence-corrected chi connectivity index (χ3v) is 2.97. The number of benzene rings is 1. The van der Waals surface area contributed by atoms with Gasteiger partial charge in [-0.05, 0) is 12.1 Å². The van der Waals surface area contributed by atoms with Gasteiger partial charge in [0.2, 0.25) is 10.0 Å². The smallest absolute Gasteiger partial charge is 0.421 e. The summed E-state index contributed by atoms with van der Waals surface area (Å²) in [6.45, 7) is 0. The molecule has 10 heteroatoms. The number of nitrogens with two attached hydrogens (primary N) is 1. The van der Waals surface area contributed by atoms with Crippen molar-refractivity contribution in [2.45, 2.75) is 17.1 Å². The zero-order chi connectivity index (χ0) is 13.8. The van der Waals surface area contributed by atoms with E-state index in [2.05, 4.69) is 9.47 Å². The highest BCUT2D eigenvalue weighted by atomic mass is 32.2. The summed E-state index contributed by atoms with van der Waals surface area (Å²) in [5.41, 5.74) is 0. The first-order chi connectivity index (χ1) is 8.03. The summed E-state index contributed by atoms with van der Waals surface area (Å²) in [6.07, 6.45) is -9.75. The van der Waals surface area contributed by atoms with Crippen molar-refractivity contribution < 1.29 is 35.5 Å². The van der Waals surface area contributed by atoms with Crippen LogP contribution in [0.15, 0.2) is 23.1 Å². The lowest BCUT2D eigenvalue weighted by Gasteiger charge is -2.31. The van der Waals surface area contributed by atoms with Crippen molar-refractivity contribution in [1.29, 1.82) is 0 Å². The van der Waals surface area contributed by atoms with Gasteiger partial charge in [-0.2, -0.15) is 17.6 Å². The normalized spacial score (nSPS) is 20.5. The van der Waals surface area contributed by atoms with Crippen LogP contribution < -0.4 is 14.6 Å². The maximum absolute atomic E-state index is 12.8. The fourth-order valence-electron chi connectivity index (χ4n) is 1.22. The lowest BCUT2D eigenvalue weighted by atomic mass is 10.3. The molecular weight excluding hydrogens is 282 g/mol. The number of rotatable bonds is 1. The molecule has 0 atom stereocenters. The first kappa shape index (κ1) is 12.9. The molecule has 0 saturated carbocycles. The Morgan fingerprint density at radius 2 is 1.50 bits per heavy atom. The number of primary sulfonamides is 1. The summed E-state index contributed by atoms with van der Waals surface area (Å²) in [4.78, 5) is -0.564. The Hall–Kier alpha value is -1.55. The van der Waals surface area contributed by atoms with Crippen molar-refractivity contribution in [2.75, 3.05) is 0 Å². The molecule has 1 aliphatic heterocycles. The van der Waals surface area contributed by atoms with Crippen molar-refractivity contribution in [3.63, 3.8) is 0 Å². The van der Waals surface area contributed by atoms with Gasteiger partial charge in [0.25, 0.3) is 0 Å². The van der Waals surface area contributed by atoms with Gasteiger partial charge in [-0.25, -0.2) is 13.6 Å². The van der Waals surface area contributed by atoms with Crippen molar-refractivity contribution in [1.82, 2.24) is 0 Å². The van der Waals surface area contributed by atoms with Gasteiger partial charge in [-0.3, -0.25) is 0 Å². The minimum Gasteiger partial charge on any atom is -0.421 e. The van der Waals surface area contributed by atoms with E-state index in [0.29, 0.717) is 6.07 Å². The Labute approximate surface area is 98.1 Å². The highest BCUT2D eigenvalue weighted by Crippen LogP contribution is 2.47. The number of sulfonamides is 1. The van der Waals surface area contributed by atoms with E-state index in [1.807, 2.05) is 0 Å². The lowest BCUT2D eigenvalue weighted by molar-refractivity contribution is -0.391. The molecule has 1 aromatic rings. The molecule has 0 aliphatic carbocycles. The third kappa shape index (κ3) is 1.97. The van der Waals surface area contributed by atoms with Crippen LogP contribution in [0.3, 0.4) is 0 Å². The molecule has 5 nitrogen and oxygen atoms in total. The molecule has 2 rings (SSSR count). The second-order valence-electron chi connectivity index (χ2n) is 3.39. The fourth-order valence-corrected chi connectivity index (χ4v) is 1.75. The van der Waals surface area contributed by atoms with E-state index in [4.69, 9.17) is 5.14 Å². The average molecular weight is 287 g/mol. The summed E-state index contributed by atoms with van der Waals surface area (Å²) >= 11 is 0. The summed E-state index contributed by atoms with van der Waals surface area (Å²) in [5, 5.41) is 4.75. The van der Waals surface area contributed by atoms with Gasteiger partial charge in [-0.15, -0.1) is 0 Å². The second kappa shape index (κ2) is 3.48. The fraction of sp³-hybridized carbons (Fsp3) is 0.250. The van der Waals surface area contributed by atoms with E-state index in [-0.39, 0.29) is 0 Å². The number of hydrogen-bond donors (Lipinski definition) is 1. The molecule has 1 aromatic carbocycles. The van der Waals surface area contributed by atoms with Crippen LogP contribution in [0.25, 0.3) is 0 Å². The molecule has 0 aromatic heterocycles. The molecule has 18 heavy (non-hydrogen) atoms. The van der Waals surface area contributed by atoms with Gasteiger partial charge in [0.1, 0.15) is 0 Å². The van der Waals surface area contributed by atoms with Gasteiger partial charge in [-0.1, -0.05) is 0 Å². The molecular formula is C8H5F4NO4S. The van der Waals surface area contributed by atoms with Gasteiger partial charge in [0.05, 0.1) is 4.90 Å². The lowest BCUT2D eigenvalue weighted by Crippen LogP contribution is -2.52. The third-order valence-electron chi connectivity index (χ3n) is 2.06. The molecule has 0 fully saturated rings. The zero-order valence-corrected chi connectivity index (χ0v) is 9.18. The number of hydrogen-bond acceptors (Lipinski definition) is 4. The van der Waals surface area contributed by atoms with Crippen LogP contribution in [0.4, 0.5) is 17.6 Å². The first-order valence-corrected chi connectivity index (χ1v) is 5.88. The number of ether oxygens (including phenoxy) is 2. The van der Waals surface area contributed by atoms with E-state index in [9.17, 15) is 26.0 Å². The molecule has 0 bridgehead atoms. The van der Waals surface area contributed by atoms with Crippen molar-refractivity contribution >= 4 is 10.0 Å². The predicted octanol–water partition coefficient (Wildman–Crippen LogP) is 1.29. The van der Waals surface area contributed by atoms with Crippen LogP contribution in [-0.4, -0.2) is 20.6 Å². The summed E-state index contributed by atoms with van der Waals surface area (Å²) in [5.74, 6) is -1.55. The second-order valence-corrected chi connectivity index (χ2v) is 4.95. The molecule has 0 radical (unpaired) electrons. The van der Waals surface area contributed by atoms with Crippen LogP contribution in [0.2, 0.25) is 0 Å². The highest BCUT2D eigenvalue weighted by molar-refractivity contribution is 7.89. The molecule has 100 valence electrons. The largest absolute Gasteiger partial charge is 0.507 e. The van der Waals surface area contributed by atoms with Crippen LogP contribution in [-0.2, 0) is 10.0 Å². The van der Waals surface area contributed by atoms with Crippen LogP contribution >= 0.6 is 0 Å². The van der Waals surface area contributed by atoms with Crippen molar-refractivity contribution in [3.8, 4) is 11.5 Å². The number of alkyl halides is 4. The SMILES string of the molecule is NS(=O)(=O)c1ccc2c(c1)OC(F)(F)C(F)(F)O2. The first-order valence-electron chi connectivity index (χ1n) is 4.33. The number of fused-ring (bicyclic) bond motifs is 1. The van der Waals surface area contributed by atoms with Crippen LogP contribution in [0, 0.1) is 0 Å². The van der Waals surface area contributed by atoms with E-state index < -0.39 is 38.6 Å². The summed E-state index contributed by atoms with van der Waals surface area (Å²) < 4.78 is 80.5. The average Bonchev–Trinajstić information content (AvgIpc) is 2.16. The van der Waals surface area contributed by atoms with Crippen molar-refractivity contribution in [3.05, 3.63) is 18.2 Å². The Morgan fingerprint density at radius 3 is 2.00 bits per heavy atom. The minimum absolute atomic E-state index is 0.564. The molecule has 1 heterocycles. The van der Waals surface area contributed by atoms with Gasteiger partial charge >= 0.3 is 12.2 Å². The summed E-state index contributed by atoms with van der Waals surface area (Å²) in [6, 6.07) is 2.16. The Kier molecular flexibility index (Phi) is 2.49. The molecule has 0 saturated heterocycles. The van der Waals surface area contributed by atoms with E-state index in [0.717, 1.165) is 12.1 Å². The molecule has 0 unspecified atom stereocenters. The van der Waals surface area contributed by atoms with Crippen LogP contribution in [0.1, 0.15) is 0 Å². The Bertz CT molecular complexity index is 601. The van der Waals surface area contributed by atoms with Gasteiger partial charge < -0.3 is 9.47 Å². The van der Waals surface area contributed by atoms with Crippen molar-refractivity contribution in [2.24, 2.45) is 5.14 Å². The topological polar surface area (TPSA) is 78.6 Å². The zero-order valence-electron chi connectivity index (χ0n) is 8.36. The van der Waals surface area contributed by atoms with Gasteiger partial charge in [0, 0.05) is 6.07 Å². The monoisotopic (exact) mass is 287 g/mol. The molecule has 1 aliphatic rings. The standard InChI is InChI=1S/C8H5F4NO4S/c9-7(10)8(11,12)17-6-3-4(18(13,14)15)1-2-5(6)16-7/h1-3H,(H2,13,14,15). The van der Waals surface area contributed by atoms with E-state index in [1.165, 1.54) is 0 Å². The Morgan fingerprint density at radius 1 is 1.00 bits per heavy atom. The predicted molar refractivity (Wildman–Crippen MR) is 49.0 cm³/mol. The summed E-state index contributed by atoms with van der Waals surface area (Å²) in [7, 11) is -4.17.